The van der Waals surface area contributed by atoms with E-state index in [0.29, 0.717) is 5.92 Å². The van der Waals surface area contributed by atoms with Gasteiger partial charge < -0.3 is 15.0 Å². The third-order valence-corrected chi connectivity index (χ3v) is 3.91. The van der Waals surface area contributed by atoms with E-state index in [4.69, 9.17) is 10.00 Å². The molecule has 0 aromatic heterocycles. The fraction of sp³-hybridized carbons (Fsp3) is 0.750. The second-order valence-corrected chi connectivity index (χ2v) is 4.85. The number of fused-ring (bicyclic) bond motifs is 1. The molecule has 0 aliphatic carbocycles. The molecule has 5 heteroatoms. The Kier molecular flexibility index (Phi) is 2.91. The van der Waals surface area contributed by atoms with Crippen LogP contribution in [-0.4, -0.2) is 43.9 Å². The van der Waals surface area contributed by atoms with Crippen molar-refractivity contribution in [2.45, 2.75) is 12.6 Å². The number of nitrogens with zero attached hydrogens (tertiary/aromatic N) is 2. The first-order chi connectivity index (χ1) is 8.38. The molecule has 3 unspecified atom stereocenters. The maximum Gasteiger partial charge on any atom is 0.0985 e. The molecule has 3 aliphatic heterocycles. The number of allylic oxidation sites excluding steroid dienone is 1. The maximum atomic E-state index is 9.05. The lowest BCUT2D eigenvalue weighted by Gasteiger charge is -2.37. The molecular weight excluding hydrogens is 216 g/mol. The molecule has 17 heavy (non-hydrogen) atoms. The Morgan fingerprint density at radius 3 is 3.00 bits per heavy atom. The molecule has 3 atom stereocenters. The third-order valence-electron chi connectivity index (χ3n) is 3.91. The number of ether oxygens (including phenoxy) is 1. The molecule has 3 heterocycles. The summed E-state index contributed by atoms with van der Waals surface area (Å²) in [7, 11) is 0. The van der Waals surface area contributed by atoms with Gasteiger partial charge in [-0.2, -0.15) is 5.26 Å². The van der Waals surface area contributed by atoms with Gasteiger partial charge in [-0.1, -0.05) is 0 Å². The van der Waals surface area contributed by atoms with Crippen molar-refractivity contribution in [1.82, 2.24) is 15.5 Å². The van der Waals surface area contributed by atoms with Gasteiger partial charge in [-0.25, -0.2) is 0 Å². The summed E-state index contributed by atoms with van der Waals surface area (Å²) >= 11 is 0. The van der Waals surface area contributed by atoms with Crippen molar-refractivity contribution in [2.75, 3.05) is 32.8 Å². The molecule has 3 rings (SSSR count). The molecule has 0 aromatic carbocycles. The van der Waals surface area contributed by atoms with Crippen LogP contribution in [0.1, 0.15) is 6.42 Å². The largest absolute Gasteiger partial charge is 0.378 e. The minimum absolute atomic E-state index is 0.148. The summed E-state index contributed by atoms with van der Waals surface area (Å²) in [6.45, 7) is 4.33. The van der Waals surface area contributed by atoms with Gasteiger partial charge in [0.05, 0.1) is 37.2 Å². The molecule has 0 aromatic rings. The number of hydrogen-bond acceptors (Lipinski definition) is 5. The summed E-state index contributed by atoms with van der Waals surface area (Å²) in [4.78, 5) is 2.33. The van der Waals surface area contributed by atoms with Gasteiger partial charge in [0.2, 0.25) is 0 Å². The SMILES string of the molecule is N#CC1CNC2NC(N3CCOCC3)=CCC12. The Hall–Kier alpha value is -1.25. The highest BCUT2D eigenvalue weighted by molar-refractivity contribution is 5.13. The van der Waals surface area contributed by atoms with E-state index < -0.39 is 0 Å². The standard InChI is InChI=1S/C12H18N4O/c13-7-9-8-14-12-10(9)1-2-11(15-12)16-3-5-17-6-4-16/h2,9-10,12,14-15H,1,3-6,8H2. The number of nitriles is 1. The van der Waals surface area contributed by atoms with Gasteiger partial charge in [0, 0.05) is 25.6 Å². The zero-order valence-corrected chi connectivity index (χ0v) is 9.85. The van der Waals surface area contributed by atoms with E-state index in [1.54, 1.807) is 0 Å². The summed E-state index contributed by atoms with van der Waals surface area (Å²) in [5.74, 6) is 1.78. The van der Waals surface area contributed by atoms with Gasteiger partial charge in [0.1, 0.15) is 0 Å². The summed E-state index contributed by atoms with van der Waals surface area (Å²) in [5.41, 5.74) is 0. The van der Waals surface area contributed by atoms with Crippen molar-refractivity contribution in [3.05, 3.63) is 11.9 Å². The minimum atomic E-state index is 0.148. The average Bonchev–Trinajstić information content (AvgIpc) is 2.81. The Bertz CT molecular complexity index is 356. The summed E-state index contributed by atoms with van der Waals surface area (Å²) in [6.07, 6.45) is 3.50. The van der Waals surface area contributed by atoms with Crippen LogP contribution in [0, 0.1) is 23.2 Å². The smallest absolute Gasteiger partial charge is 0.0985 e. The van der Waals surface area contributed by atoms with Crippen LogP contribution < -0.4 is 10.6 Å². The summed E-state index contributed by atoms with van der Waals surface area (Å²) in [5, 5.41) is 16.0. The van der Waals surface area contributed by atoms with Gasteiger partial charge in [0.15, 0.2) is 0 Å². The van der Waals surface area contributed by atoms with Crippen molar-refractivity contribution in [3.8, 4) is 6.07 Å². The van der Waals surface area contributed by atoms with Crippen LogP contribution in [0.3, 0.4) is 0 Å². The fourth-order valence-corrected chi connectivity index (χ4v) is 2.88. The summed E-state index contributed by atoms with van der Waals surface area (Å²) < 4.78 is 5.36. The highest BCUT2D eigenvalue weighted by atomic mass is 16.5. The Labute approximate surface area is 101 Å². The van der Waals surface area contributed by atoms with E-state index in [-0.39, 0.29) is 12.1 Å². The molecule has 92 valence electrons. The zero-order valence-electron chi connectivity index (χ0n) is 9.85. The lowest BCUT2D eigenvalue weighted by molar-refractivity contribution is 0.0471. The monoisotopic (exact) mass is 234 g/mol. The second-order valence-electron chi connectivity index (χ2n) is 4.85. The van der Waals surface area contributed by atoms with Gasteiger partial charge >= 0.3 is 0 Å². The van der Waals surface area contributed by atoms with Crippen molar-refractivity contribution in [1.29, 1.82) is 5.26 Å². The predicted octanol–water partition coefficient (Wildman–Crippen LogP) is -0.161. The van der Waals surface area contributed by atoms with Crippen molar-refractivity contribution < 1.29 is 4.74 Å². The molecule has 3 aliphatic rings. The van der Waals surface area contributed by atoms with Crippen LogP contribution >= 0.6 is 0 Å². The van der Waals surface area contributed by atoms with Gasteiger partial charge in [-0.05, 0) is 12.5 Å². The van der Waals surface area contributed by atoms with Crippen molar-refractivity contribution in [3.63, 3.8) is 0 Å². The molecule has 0 bridgehead atoms. The van der Waals surface area contributed by atoms with Crippen LogP contribution in [0.25, 0.3) is 0 Å². The normalized spacial score (nSPS) is 36.8. The minimum Gasteiger partial charge on any atom is -0.378 e. The highest BCUT2D eigenvalue weighted by Crippen LogP contribution is 2.29. The first-order valence-electron chi connectivity index (χ1n) is 6.31. The quantitative estimate of drug-likeness (QED) is 0.660. The van der Waals surface area contributed by atoms with E-state index in [0.717, 1.165) is 39.3 Å². The molecule has 5 nitrogen and oxygen atoms in total. The lowest BCUT2D eigenvalue weighted by atomic mass is 9.90. The highest BCUT2D eigenvalue weighted by Gasteiger charge is 2.38. The molecular formula is C12H18N4O. The van der Waals surface area contributed by atoms with Gasteiger partial charge in [-0.3, -0.25) is 5.32 Å². The molecule has 0 spiro atoms. The summed E-state index contributed by atoms with van der Waals surface area (Å²) in [6, 6.07) is 2.39. The van der Waals surface area contributed by atoms with Crippen molar-refractivity contribution in [2.24, 2.45) is 11.8 Å². The van der Waals surface area contributed by atoms with E-state index in [1.165, 1.54) is 5.82 Å². The van der Waals surface area contributed by atoms with E-state index in [1.807, 2.05) is 0 Å². The predicted molar refractivity (Wildman–Crippen MR) is 62.6 cm³/mol. The Balaban J connectivity index is 1.68. The molecule has 2 fully saturated rings. The van der Waals surface area contributed by atoms with Crippen LogP contribution in [0.4, 0.5) is 0 Å². The number of hydrogen-bond donors (Lipinski definition) is 2. The molecule has 2 N–H and O–H groups in total. The number of morpholine rings is 1. The number of nitrogens with one attached hydrogen (secondary N) is 2. The zero-order chi connectivity index (χ0) is 11.7. The fourth-order valence-electron chi connectivity index (χ4n) is 2.88. The molecule has 2 saturated heterocycles. The van der Waals surface area contributed by atoms with E-state index in [9.17, 15) is 0 Å². The Morgan fingerprint density at radius 1 is 1.41 bits per heavy atom. The van der Waals surface area contributed by atoms with Crippen LogP contribution in [-0.2, 0) is 4.74 Å². The number of rotatable bonds is 1. The van der Waals surface area contributed by atoms with Crippen LogP contribution in [0.5, 0.6) is 0 Å². The van der Waals surface area contributed by atoms with Gasteiger partial charge in [-0.15, -0.1) is 0 Å². The van der Waals surface area contributed by atoms with Crippen LogP contribution in [0.2, 0.25) is 0 Å². The first-order valence-corrected chi connectivity index (χ1v) is 6.31. The van der Waals surface area contributed by atoms with Crippen LogP contribution in [0.15, 0.2) is 11.9 Å². The lowest BCUT2D eigenvalue weighted by Crippen LogP contribution is -2.50. The van der Waals surface area contributed by atoms with E-state index >= 15 is 0 Å². The molecule has 0 amide bonds. The van der Waals surface area contributed by atoms with Crippen molar-refractivity contribution >= 4 is 0 Å². The van der Waals surface area contributed by atoms with Gasteiger partial charge in [0.25, 0.3) is 0 Å². The second kappa shape index (κ2) is 4.55. The molecule has 0 saturated carbocycles. The third kappa shape index (κ3) is 1.99. The maximum absolute atomic E-state index is 9.05. The average molecular weight is 234 g/mol. The van der Waals surface area contributed by atoms with E-state index in [2.05, 4.69) is 27.7 Å². The Morgan fingerprint density at radius 2 is 2.24 bits per heavy atom. The molecule has 0 radical (unpaired) electrons. The first kappa shape index (κ1) is 10.9. The topological polar surface area (TPSA) is 60.3 Å².